The number of carbonyl (C=O) groups is 1. The third-order valence-corrected chi connectivity index (χ3v) is 5.15. The van der Waals surface area contributed by atoms with Crippen LogP contribution in [0.4, 0.5) is 5.69 Å². The Hall–Kier alpha value is -2.07. The van der Waals surface area contributed by atoms with Crippen molar-refractivity contribution in [3.63, 3.8) is 0 Å². The maximum absolute atomic E-state index is 12.2. The van der Waals surface area contributed by atoms with Crippen molar-refractivity contribution < 1.29 is 22.9 Å². The maximum Gasteiger partial charge on any atom is 0.289 e. The first-order valence-electron chi connectivity index (χ1n) is 6.62. The molecule has 0 N–H and O–H groups in total. The Bertz CT molecular complexity index is 996. The number of halogens is 3. The SMILES string of the molecule is CS(=O)(=O)N(Cl)C(=O)c1cc(Oc2ccc(Cl)cc2Cl)ccc1[N+](=O)[O-]. The van der Waals surface area contributed by atoms with Crippen LogP contribution in [0.5, 0.6) is 11.5 Å². The molecule has 12 heteroatoms. The molecule has 0 aliphatic heterocycles. The van der Waals surface area contributed by atoms with Gasteiger partial charge in [-0.1, -0.05) is 23.2 Å². The van der Waals surface area contributed by atoms with E-state index < -0.39 is 32.1 Å². The molecular weight excluding hydrogens is 431 g/mol. The summed E-state index contributed by atoms with van der Waals surface area (Å²) < 4.78 is 28.2. The number of rotatable bonds is 5. The summed E-state index contributed by atoms with van der Waals surface area (Å²) in [5.41, 5.74) is -1.21. The van der Waals surface area contributed by atoms with Crippen LogP contribution in [0.15, 0.2) is 36.4 Å². The first-order valence-corrected chi connectivity index (χ1v) is 9.56. The minimum atomic E-state index is -4.13. The summed E-state index contributed by atoms with van der Waals surface area (Å²) >= 11 is 17.2. The molecule has 0 heterocycles. The minimum absolute atomic E-state index is 0.00161. The van der Waals surface area contributed by atoms with Crippen molar-refractivity contribution in [1.29, 1.82) is 0 Å². The fourth-order valence-electron chi connectivity index (χ4n) is 1.84. The second kappa shape index (κ2) is 7.67. The van der Waals surface area contributed by atoms with Crippen LogP contribution in [0.3, 0.4) is 0 Å². The van der Waals surface area contributed by atoms with E-state index in [4.69, 9.17) is 39.7 Å². The lowest BCUT2D eigenvalue weighted by Gasteiger charge is -2.13. The monoisotopic (exact) mass is 438 g/mol. The van der Waals surface area contributed by atoms with Crippen molar-refractivity contribution in [2.75, 3.05) is 6.26 Å². The number of carbonyl (C=O) groups excluding carboxylic acids is 1. The van der Waals surface area contributed by atoms with E-state index in [9.17, 15) is 23.3 Å². The van der Waals surface area contributed by atoms with Gasteiger partial charge < -0.3 is 4.74 Å². The molecule has 8 nitrogen and oxygen atoms in total. The smallest absolute Gasteiger partial charge is 0.289 e. The molecule has 0 aliphatic rings. The van der Waals surface area contributed by atoms with Crippen molar-refractivity contribution in [1.82, 2.24) is 3.82 Å². The zero-order valence-electron chi connectivity index (χ0n) is 12.9. The minimum Gasteiger partial charge on any atom is -0.456 e. The van der Waals surface area contributed by atoms with Gasteiger partial charge in [0.25, 0.3) is 11.6 Å². The number of sulfonamides is 1. The molecule has 2 rings (SSSR count). The number of nitrogens with zero attached hydrogens (tertiary/aromatic N) is 2. The lowest BCUT2D eigenvalue weighted by Crippen LogP contribution is -2.28. The second-order valence-electron chi connectivity index (χ2n) is 4.90. The number of hydrogen-bond donors (Lipinski definition) is 0. The number of benzene rings is 2. The molecule has 2 aromatic carbocycles. The van der Waals surface area contributed by atoms with E-state index in [1.54, 1.807) is 0 Å². The number of nitro groups is 1. The van der Waals surface area contributed by atoms with Crippen LogP contribution in [-0.2, 0) is 10.0 Å². The third kappa shape index (κ3) is 4.55. The topological polar surface area (TPSA) is 107 Å². The molecule has 0 fully saturated rings. The second-order valence-corrected chi connectivity index (χ2v) is 8.11. The number of ether oxygens (including phenoxy) is 1. The zero-order valence-corrected chi connectivity index (χ0v) is 15.9. The molecule has 26 heavy (non-hydrogen) atoms. The highest BCUT2D eigenvalue weighted by Gasteiger charge is 2.30. The summed E-state index contributed by atoms with van der Waals surface area (Å²) in [5, 5.41) is 11.7. The molecule has 0 saturated heterocycles. The molecule has 0 aliphatic carbocycles. The summed E-state index contributed by atoms with van der Waals surface area (Å²) in [5.74, 6) is -1.12. The Morgan fingerprint density at radius 2 is 1.85 bits per heavy atom. The lowest BCUT2D eigenvalue weighted by atomic mass is 10.1. The van der Waals surface area contributed by atoms with Crippen molar-refractivity contribution in [3.05, 3.63) is 62.1 Å². The Balaban J connectivity index is 2.48. The van der Waals surface area contributed by atoms with Crippen LogP contribution >= 0.6 is 35.0 Å². The highest BCUT2D eigenvalue weighted by molar-refractivity contribution is 7.89. The summed E-state index contributed by atoms with van der Waals surface area (Å²) in [4.78, 5) is 22.5. The average Bonchev–Trinajstić information content (AvgIpc) is 2.55. The summed E-state index contributed by atoms with van der Waals surface area (Å²) in [6, 6.07) is 7.58. The highest BCUT2D eigenvalue weighted by Crippen LogP contribution is 2.34. The van der Waals surface area contributed by atoms with Crippen molar-refractivity contribution in [2.45, 2.75) is 0 Å². The van der Waals surface area contributed by atoms with Crippen molar-refractivity contribution >= 4 is 56.6 Å². The fraction of sp³-hybridized carbons (Fsp3) is 0.0714. The first kappa shape index (κ1) is 20.2. The maximum atomic E-state index is 12.2. The van der Waals surface area contributed by atoms with Crippen molar-refractivity contribution in [3.8, 4) is 11.5 Å². The number of amides is 1. The Labute approximate surface area is 163 Å². The first-order chi connectivity index (χ1) is 12.0. The van der Waals surface area contributed by atoms with Gasteiger partial charge in [-0.3, -0.25) is 14.9 Å². The van der Waals surface area contributed by atoms with Gasteiger partial charge in [0.1, 0.15) is 17.1 Å². The molecular formula is C14H9Cl3N2O6S. The predicted molar refractivity (Wildman–Crippen MR) is 96.5 cm³/mol. The van der Waals surface area contributed by atoms with Gasteiger partial charge in [-0.2, -0.15) is 0 Å². The summed E-state index contributed by atoms with van der Waals surface area (Å²) in [6.07, 6.45) is 0.678. The molecule has 0 aromatic heterocycles. The van der Waals surface area contributed by atoms with Gasteiger partial charge in [-0.15, -0.1) is 3.82 Å². The normalized spacial score (nSPS) is 11.1. The highest BCUT2D eigenvalue weighted by atomic mass is 35.5. The largest absolute Gasteiger partial charge is 0.456 e. The average molecular weight is 440 g/mol. The van der Waals surface area contributed by atoms with E-state index in [-0.39, 0.29) is 20.3 Å². The van der Waals surface area contributed by atoms with Crippen LogP contribution in [0, 0.1) is 10.1 Å². The van der Waals surface area contributed by atoms with Crippen LogP contribution < -0.4 is 4.74 Å². The number of hydrogen-bond acceptors (Lipinski definition) is 6. The Kier molecular flexibility index (Phi) is 5.97. The fourth-order valence-corrected chi connectivity index (χ4v) is 2.78. The quantitative estimate of drug-likeness (QED) is 0.391. The molecule has 0 saturated carbocycles. The molecule has 0 bridgehead atoms. The van der Waals surface area contributed by atoms with Crippen LogP contribution in [0.1, 0.15) is 10.4 Å². The molecule has 0 unspecified atom stereocenters. The molecule has 0 spiro atoms. The predicted octanol–water partition coefficient (Wildman–Crippen LogP) is 4.25. The molecule has 0 radical (unpaired) electrons. The molecule has 2 aromatic rings. The van der Waals surface area contributed by atoms with Crippen LogP contribution in [-0.4, -0.2) is 29.3 Å². The van der Waals surface area contributed by atoms with E-state index in [1.807, 2.05) is 0 Å². The molecule has 0 atom stereocenters. The van der Waals surface area contributed by atoms with Crippen molar-refractivity contribution in [2.24, 2.45) is 0 Å². The standard InChI is InChI=1S/C14H9Cl3N2O6S/c1-26(23,24)18(17)14(20)10-7-9(3-4-12(10)19(21)22)25-13-5-2-8(15)6-11(13)16/h2-7H,1H3. The van der Waals surface area contributed by atoms with E-state index in [1.165, 1.54) is 24.3 Å². The van der Waals surface area contributed by atoms with Gasteiger partial charge in [0.2, 0.25) is 10.0 Å². The lowest BCUT2D eigenvalue weighted by molar-refractivity contribution is -0.385. The van der Waals surface area contributed by atoms with E-state index in [2.05, 4.69) is 0 Å². The number of nitro benzene ring substituents is 1. The zero-order chi connectivity index (χ0) is 19.6. The summed E-state index contributed by atoms with van der Waals surface area (Å²) in [7, 11) is -4.13. The van der Waals surface area contributed by atoms with Gasteiger partial charge in [0.15, 0.2) is 0 Å². The third-order valence-electron chi connectivity index (χ3n) is 2.97. The van der Waals surface area contributed by atoms with E-state index in [0.717, 1.165) is 12.1 Å². The molecule has 138 valence electrons. The molecule has 1 amide bonds. The summed E-state index contributed by atoms with van der Waals surface area (Å²) in [6.45, 7) is 0. The Morgan fingerprint density at radius 1 is 1.19 bits per heavy atom. The van der Waals surface area contributed by atoms with Crippen LogP contribution in [0.25, 0.3) is 0 Å². The van der Waals surface area contributed by atoms with Gasteiger partial charge in [-0.05, 0) is 24.3 Å². The van der Waals surface area contributed by atoms with E-state index >= 15 is 0 Å². The van der Waals surface area contributed by atoms with E-state index in [0.29, 0.717) is 11.3 Å². The van der Waals surface area contributed by atoms with Crippen LogP contribution in [0.2, 0.25) is 10.0 Å². The van der Waals surface area contributed by atoms with Gasteiger partial charge in [-0.25, -0.2) is 8.42 Å². The van der Waals surface area contributed by atoms with Gasteiger partial charge >= 0.3 is 0 Å². The van der Waals surface area contributed by atoms with Gasteiger partial charge in [0, 0.05) is 28.9 Å². The van der Waals surface area contributed by atoms with Gasteiger partial charge in [0.05, 0.1) is 16.2 Å². The Morgan fingerprint density at radius 3 is 2.38 bits per heavy atom.